The van der Waals surface area contributed by atoms with Crippen molar-refractivity contribution in [2.45, 2.75) is 0 Å². The van der Waals surface area contributed by atoms with Gasteiger partial charge in [-0.15, -0.1) is 12.4 Å². The van der Waals surface area contributed by atoms with Gasteiger partial charge in [-0.3, -0.25) is 0 Å². The summed E-state index contributed by atoms with van der Waals surface area (Å²) in [5.74, 6) is -0.543. The molecule has 0 saturated heterocycles. The van der Waals surface area contributed by atoms with Gasteiger partial charge in [0, 0.05) is 0 Å². The smallest absolute Gasteiger partial charge is 0.147 e. The molecule has 0 bridgehead atoms. The largest absolute Gasteiger partial charge is 0.396 e. The van der Waals surface area contributed by atoms with Crippen molar-refractivity contribution in [1.82, 2.24) is 0 Å². The summed E-state index contributed by atoms with van der Waals surface area (Å²) in [6.45, 7) is 0. The van der Waals surface area contributed by atoms with Gasteiger partial charge in [0.25, 0.3) is 0 Å². The number of halogens is 2. The maximum Gasteiger partial charge on any atom is 0.147 e. The number of nitriles is 1. The minimum atomic E-state index is -0.543. The SMILES string of the molecule is Cl.N#Cc1ccc(N)c(F)c1. The van der Waals surface area contributed by atoms with Crippen molar-refractivity contribution in [1.29, 1.82) is 5.26 Å². The van der Waals surface area contributed by atoms with Gasteiger partial charge < -0.3 is 5.73 Å². The summed E-state index contributed by atoms with van der Waals surface area (Å²) in [5.41, 5.74) is 5.51. The van der Waals surface area contributed by atoms with E-state index in [1.165, 1.54) is 12.1 Å². The first-order valence-electron chi connectivity index (χ1n) is 2.69. The highest BCUT2D eigenvalue weighted by atomic mass is 35.5. The van der Waals surface area contributed by atoms with Crippen molar-refractivity contribution in [3.05, 3.63) is 29.6 Å². The van der Waals surface area contributed by atoms with Crippen LogP contribution >= 0.6 is 12.4 Å². The summed E-state index contributed by atoms with van der Waals surface area (Å²) in [6.07, 6.45) is 0. The molecule has 11 heavy (non-hydrogen) atoms. The fourth-order valence-corrected chi connectivity index (χ4v) is 0.597. The Bertz CT molecular complexity index is 293. The molecule has 58 valence electrons. The van der Waals surface area contributed by atoms with Crippen LogP contribution in [0, 0.1) is 17.1 Å². The zero-order valence-corrected chi connectivity index (χ0v) is 6.36. The van der Waals surface area contributed by atoms with E-state index in [2.05, 4.69) is 0 Å². The highest BCUT2D eigenvalue weighted by Crippen LogP contribution is 2.10. The quantitative estimate of drug-likeness (QED) is 0.606. The van der Waals surface area contributed by atoms with Crippen LogP contribution in [0.1, 0.15) is 5.56 Å². The van der Waals surface area contributed by atoms with E-state index in [9.17, 15) is 4.39 Å². The van der Waals surface area contributed by atoms with Gasteiger partial charge in [0.1, 0.15) is 5.82 Å². The summed E-state index contributed by atoms with van der Waals surface area (Å²) >= 11 is 0. The fraction of sp³-hybridized carbons (Fsp3) is 0. The number of nitrogens with zero attached hydrogens (tertiary/aromatic N) is 1. The number of rotatable bonds is 0. The molecule has 0 aliphatic heterocycles. The molecule has 0 aliphatic carbocycles. The van der Waals surface area contributed by atoms with E-state index < -0.39 is 5.82 Å². The van der Waals surface area contributed by atoms with Crippen molar-refractivity contribution >= 4 is 18.1 Å². The number of hydrogen-bond acceptors (Lipinski definition) is 2. The molecule has 0 atom stereocenters. The molecule has 0 aromatic heterocycles. The molecule has 2 nitrogen and oxygen atoms in total. The molecular formula is C7H6ClFN2. The Morgan fingerprint density at radius 2 is 2.09 bits per heavy atom. The van der Waals surface area contributed by atoms with E-state index in [0.717, 1.165) is 6.07 Å². The normalized spacial score (nSPS) is 8.00. The molecular weight excluding hydrogens is 167 g/mol. The van der Waals surface area contributed by atoms with E-state index in [0.29, 0.717) is 0 Å². The Balaban J connectivity index is 0.000001000. The second-order valence-corrected chi connectivity index (χ2v) is 1.85. The van der Waals surface area contributed by atoms with E-state index >= 15 is 0 Å². The lowest BCUT2D eigenvalue weighted by atomic mass is 10.2. The Kier molecular flexibility index (Phi) is 3.35. The first-order chi connectivity index (χ1) is 4.74. The number of nitrogen functional groups attached to an aromatic ring is 1. The van der Waals surface area contributed by atoms with Gasteiger partial charge >= 0.3 is 0 Å². The first kappa shape index (κ1) is 9.73. The zero-order valence-electron chi connectivity index (χ0n) is 5.54. The Morgan fingerprint density at radius 3 is 2.55 bits per heavy atom. The van der Waals surface area contributed by atoms with Crippen LogP contribution in [0.5, 0.6) is 0 Å². The Hall–Kier alpha value is -1.27. The highest BCUT2D eigenvalue weighted by molar-refractivity contribution is 5.85. The van der Waals surface area contributed by atoms with Crippen LogP contribution in [0.2, 0.25) is 0 Å². The molecule has 1 aromatic carbocycles. The third-order valence-electron chi connectivity index (χ3n) is 1.13. The molecule has 0 fully saturated rings. The second kappa shape index (κ2) is 3.79. The van der Waals surface area contributed by atoms with Crippen LogP contribution in [0.15, 0.2) is 18.2 Å². The van der Waals surface area contributed by atoms with E-state index in [-0.39, 0.29) is 23.7 Å². The molecule has 4 heteroatoms. The van der Waals surface area contributed by atoms with Gasteiger partial charge in [-0.1, -0.05) is 0 Å². The molecule has 0 saturated carbocycles. The lowest BCUT2D eigenvalue weighted by Crippen LogP contribution is -1.89. The Labute approximate surface area is 69.8 Å². The molecule has 1 rings (SSSR count). The molecule has 2 N–H and O–H groups in total. The average molecular weight is 173 g/mol. The molecule has 0 radical (unpaired) electrons. The predicted molar refractivity (Wildman–Crippen MR) is 42.8 cm³/mol. The van der Waals surface area contributed by atoms with Gasteiger partial charge in [0.2, 0.25) is 0 Å². The van der Waals surface area contributed by atoms with E-state index in [1.54, 1.807) is 6.07 Å². The van der Waals surface area contributed by atoms with Gasteiger partial charge in [0.05, 0.1) is 17.3 Å². The average Bonchev–Trinajstić information content (AvgIpc) is 1.95. The predicted octanol–water partition coefficient (Wildman–Crippen LogP) is 1.70. The summed E-state index contributed by atoms with van der Waals surface area (Å²) < 4.78 is 12.5. The summed E-state index contributed by atoms with van der Waals surface area (Å²) in [7, 11) is 0. The first-order valence-corrected chi connectivity index (χ1v) is 2.69. The van der Waals surface area contributed by atoms with Crippen molar-refractivity contribution in [2.75, 3.05) is 5.73 Å². The van der Waals surface area contributed by atoms with Crippen molar-refractivity contribution in [3.8, 4) is 6.07 Å². The molecule has 0 spiro atoms. The maximum absolute atomic E-state index is 12.5. The fourth-order valence-electron chi connectivity index (χ4n) is 0.597. The number of nitrogens with two attached hydrogens (primary N) is 1. The zero-order chi connectivity index (χ0) is 7.56. The third kappa shape index (κ3) is 2.10. The summed E-state index contributed by atoms with van der Waals surface area (Å²) in [6, 6.07) is 5.75. The van der Waals surface area contributed by atoms with Crippen LogP contribution in [0.4, 0.5) is 10.1 Å². The van der Waals surface area contributed by atoms with Crippen molar-refractivity contribution < 1.29 is 4.39 Å². The molecule has 0 amide bonds. The lowest BCUT2D eigenvalue weighted by molar-refractivity contribution is 0.632. The van der Waals surface area contributed by atoms with Crippen LogP contribution in [-0.4, -0.2) is 0 Å². The molecule has 1 aromatic rings. The summed E-state index contributed by atoms with van der Waals surface area (Å²) in [5, 5.41) is 8.30. The minimum absolute atomic E-state index is 0. The van der Waals surface area contributed by atoms with Crippen LogP contribution in [-0.2, 0) is 0 Å². The standard InChI is InChI=1S/C7H5FN2.ClH/c8-6-3-5(4-9)1-2-7(6)10;/h1-3H,10H2;1H. The van der Waals surface area contributed by atoms with Crippen LogP contribution in [0.25, 0.3) is 0 Å². The van der Waals surface area contributed by atoms with Crippen LogP contribution in [0.3, 0.4) is 0 Å². The Morgan fingerprint density at radius 1 is 1.45 bits per heavy atom. The van der Waals surface area contributed by atoms with Gasteiger partial charge in [-0.25, -0.2) is 4.39 Å². The minimum Gasteiger partial charge on any atom is -0.396 e. The maximum atomic E-state index is 12.5. The van der Waals surface area contributed by atoms with Crippen LogP contribution < -0.4 is 5.73 Å². The van der Waals surface area contributed by atoms with Gasteiger partial charge in [-0.05, 0) is 18.2 Å². The number of hydrogen-bond donors (Lipinski definition) is 1. The second-order valence-electron chi connectivity index (χ2n) is 1.85. The van der Waals surface area contributed by atoms with Crippen molar-refractivity contribution in [2.24, 2.45) is 0 Å². The third-order valence-corrected chi connectivity index (χ3v) is 1.13. The molecule has 0 heterocycles. The highest BCUT2D eigenvalue weighted by Gasteiger charge is 1.97. The van der Waals surface area contributed by atoms with Crippen molar-refractivity contribution in [3.63, 3.8) is 0 Å². The van der Waals surface area contributed by atoms with E-state index in [4.69, 9.17) is 11.0 Å². The lowest BCUT2D eigenvalue weighted by Gasteiger charge is -1.93. The number of benzene rings is 1. The monoisotopic (exact) mass is 172 g/mol. The van der Waals surface area contributed by atoms with E-state index in [1.807, 2.05) is 0 Å². The molecule has 0 aliphatic rings. The molecule has 0 unspecified atom stereocenters. The topological polar surface area (TPSA) is 49.8 Å². The number of anilines is 1. The van der Waals surface area contributed by atoms with Gasteiger partial charge in [-0.2, -0.15) is 5.26 Å². The summed E-state index contributed by atoms with van der Waals surface area (Å²) in [4.78, 5) is 0. The van der Waals surface area contributed by atoms with Gasteiger partial charge in [0.15, 0.2) is 0 Å².